The predicted octanol–water partition coefficient (Wildman–Crippen LogP) is 0.357. The lowest BCUT2D eigenvalue weighted by molar-refractivity contribution is -0.0523. The van der Waals surface area contributed by atoms with Crippen LogP contribution in [0, 0.1) is 0 Å². The highest BCUT2D eigenvalue weighted by atomic mass is 35.5. The van der Waals surface area contributed by atoms with Crippen LogP contribution in [0.3, 0.4) is 0 Å². The Labute approximate surface area is 119 Å². The summed E-state index contributed by atoms with van der Waals surface area (Å²) in [5.74, 6) is 0.214. The number of halogens is 1. The van der Waals surface area contributed by atoms with Crippen LogP contribution in [-0.2, 0) is 9.47 Å². The second kappa shape index (κ2) is 5.13. The molecular formula is C11H14ClN5O3. The molecule has 3 rings (SSSR count). The first kappa shape index (κ1) is 13.5. The molecule has 0 aliphatic carbocycles. The van der Waals surface area contributed by atoms with Gasteiger partial charge in [-0.2, -0.15) is 9.97 Å². The molecule has 0 radical (unpaired) electrons. The van der Waals surface area contributed by atoms with Gasteiger partial charge < -0.3 is 20.3 Å². The van der Waals surface area contributed by atoms with E-state index < -0.39 is 6.10 Å². The standard InChI is InChI=1S/C11H14ClN5O3/c1-19-3-6-5(18)2-7(20-6)17-4-14-8-9(13)15-11(12)16-10(8)17/h4-7,18H,2-3H2,1H3,(H2,13,15,16)/t5-,6+,7?/m0/s1. The van der Waals surface area contributed by atoms with Crippen molar-refractivity contribution in [1.82, 2.24) is 19.5 Å². The number of nitrogen functional groups attached to an aromatic ring is 1. The summed E-state index contributed by atoms with van der Waals surface area (Å²) in [7, 11) is 1.56. The molecule has 3 heterocycles. The minimum Gasteiger partial charge on any atom is -0.390 e. The monoisotopic (exact) mass is 299 g/mol. The van der Waals surface area contributed by atoms with Gasteiger partial charge >= 0.3 is 0 Å². The van der Waals surface area contributed by atoms with Crippen LogP contribution in [-0.4, -0.2) is 50.6 Å². The molecular weight excluding hydrogens is 286 g/mol. The first-order chi connectivity index (χ1) is 9.60. The molecule has 1 unspecified atom stereocenters. The van der Waals surface area contributed by atoms with E-state index in [0.29, 0.717) is 24.2 Å². The SMILES string of the molecule is COC[C@H]1OC(n2cnc3c(N)nc(Cl)nc32)C[C@@H]1O. The maximum absolute atomic E-state index is 9.95. The van der Waals surface area contributed by atoms with Crippen molar-refractivity contribution >= 4 is 28.6 Å². The van der Waals surface area contributed by atoms with E-state index in [1.54, 1.807) is 18.0 Å². The fourth-order valence-corrected chi connectivity index (χ4v) is 2.49. The van der Waals surface area contributed by atoms with Crippen molar-refractivity contribution in [2.75, 3.05) is 19.5 Å². The molecule has 0 bridgehead atoms. The van der Waals surface area contributed by atoms with E-state index in [2.05, 4.69) is 15.0 Å². The second-order valence-electron chi connectivity index (χ2n) is 4.59. The Morgan fingerprint density at radius 1 is 1.60 bits per heavy atom. The first-order valence-corrected chi connectivity index (χ1v) is 6.46. The maximum atomic E-state index is 9.95. The fourth-order valence-electron chi connectivity index (χ4n) is 2.32. The molecule has 0 aromatic carbocycles. The zero-order valence-electron chi connectivity index (χ0n) is 10.7. The third kappa shape index (κ3) is 2.20. The Morgan fingerprint density at radius 3 is 3.15 bits per heavy atom. The van der Waals surface area contributed by atoms with E-state index >= 15 is 0 Å². The van der Waals surface area contributed by atoms with Gasteiger partial charge in [-0.1, -0.05) is 0 Å². The molecule has 1 saturated heterocycles. The zero-order valence-corrected chi connectivity index (χ0v) is 11.5. The van der Waals surface area contributed by atoms with Crippen molar-refractivity contribution in [3.63, 3.8) is 0 Å². The Morgan fingerprint density at radius 2 is 2.40 bits per heavy atom. The van der Waals surface area contributed by atoms with Gasteiger partial charge in [0.25, 0.3) is 0 Å². The lowest BCUT2D eigenvalue weighted by Gasteiger charge is -2.14. The molecule has 0 amide bonds. The van der Waals surface area contributed by atoms with Gasteiger partial charge in [0.05, 0.1) is 19.0 Å². The van der Waals surface area contributed by atoms with Crippen molar-refractivity contribution in [2.24, 2.45) is 0 Å². The van der Waals surface area contributed by atoms with Crippen LogP contribution in [0.2, 0.25) is 5.28 Å². The molecule has 1 aliphatic heterocycles. The summed E-state index contributed by atoms with van der Waals surface area (Å²) < 4.78 is 12.5. The third-order valence-electron chi connectivity index (χ3n) is 3.27. The van der Waals surface area contributed by atoms with Crippen LogP contribution in [0.25, 0.3) is 11.2 Å². The number of fused-ring (bicyclic) bond motifs is 1. The number of hydrogen-bond donors (Lipinski definition) is 2. The fraction of sp³-hybridized carbons (Fsp3) is 0.545. The highest BCUT2D eigenvalue weighted by Crippen LogP contribution is 2.31. The van der Waals surface area contributed by atoms with E-state index in [1.807, 2.05) is 0 Å². The average Bonchev–Trinajstić information content (AvgIpc) is 2.94. The number of rotatable bonds is 3. The molecule has 20 heavy (non-hydrogen) atoms. The number of anilines is 1. The van der Waals surface area contributed by atoms with E-state index in [9.17, 15) is 5.11 Å². The Hall–Kier alpha value is -1.48. The van der Waals surface area contributed by atoms with Gasteiger partial charge in [0, 0.05) is 13.5 Å². The molecule has 108 valence electrons. The van der Waals surface area contributed by atoms with Gasteiger partial charge in [0.2, 0.25) is 5.28 Å². The number of ether oxygens (including phenoxy) is 2. The number of nitrogens with zero attached hydrogens (tertiary/aromatic N) is 4. The van der Waals surface area contributed by atoms with Crippen LogP contribution in [0.15, 0.2) is 6.33 Å². The Balaban J connectivity index is 1.95. The van der Waals surface area contributed by atoms with Crippen LogP contribution < -0.4 is 5.73 Å². The quantitative estimate of drug-likeness (QED) is 0.787. The van der Waals surface area contributed by atoms with Gasteiger partial charge in [0.1, 0.15) is 17.8 Å². The van der Waals surface area contributed by atoms with Crippen molar-refractivity contribution < 1.29 is 14.6 Å². The smallest absolute Gasteiger partial charge is 0.226 e. The van der Waals surface area contributed by atoms with Gasteiger partial charge in [-0.3, -0.25) is 4.57 Å². The highest BCUT2D eigenvalue weighted by molar-refractivity contribution is 6.28. The second-order valence-corrected chi connectivity index (χ2v) is 4.93. The molecule has 1 aliphatic rings. The summed E-state index contributed by atoms with van der Waals surface area (Å²) >= 11 is 5.81. The molecule has 0 saturated carbocycles. The van der Waals surface area contributed by atoms with Gasteiger partial charge in [-0.15, -0.1) is 0 Å². The van der Waals surface area contributed by atoms with Crippen molar-refractivity contribution in [3.8, 4) is 0 Å². The lowest BCUT2D eigenvalue weighted by atomic mass is 10.2. The number of aliphatic hydroxyl groups is 1. The summed E-state index contributed by atoms with van der Waals surface area (Å²) in [6.45, 7) is 0.322. The highest BCUT2D eigenvalue weighted by Gasteiger charge is 2.35. The topological polar surface area (TPSA) is 108 Å². The minimum atomic E-state index is -0.605. The average molecular weight is 300 g/mol. The van der Waals surface area contributed by atoms with E-state index in [-0.39, 0.29) is 23.4 Å². The normalized spacial score (nSPS) is 26.4. The summed E-state index contributed by atoms with van der Waals surface area (Å²) in [4.78, 5) is 12.1. The van der Waals surface area contributed by atoms with Crippen LogP contribution >= 0.6 is 11.6 Å². The number of nitrogens with two attached hydrogens (primary N) is 1. The summed E-state index contributed by atoms with van der Waals surface area (Å²) in [5, 5.41) is 9.99. The molecule has 2 aromatic rings. The van der Waals surface area contributed by atoms with Gasteiger partial charge in [-0.05, 0) is 11.6 Å². The molecule has 1 fully saturated rings. The molecule has 3 N–H and O–H groups in total. The number of imidazole rings is 1. The van der Waals surface area contributed by atoms with Gasteiger partial charge in [-0.25, -0.2) is 4.98 Å². The molecule has 9 heteroatoms. The zero-order chi connectivity index (χ0) is 14.3. The number of hydrogen-bond acceptors (Lipinski definition) is 7. The Kier molecular flexibility index (Phi) is 3.47. The van der Waals surface area contributed by atoms with Crippen molar-refractivity contribution in [2.45, 2.75) is 24.9 Å². The molecule has 2 aromatic heterocycles. The number of aliphatic hydroxyl groups excluding tert-OH is 1. The predicted molar refractivity (Wildman–Crippen MR) is 71.2 cm³/mol. The van der Waals surface area contributed by atoms with E-state index in [4.69, 9.17) is 26.8 Å². The van der Waals surface area contributed by atoms with E-state index in [1.165, 1.54) is 0 Å². The summed E-state index contributed by atoms with van der Waals surface area (Å²) in [6.07, 6.45) is 0.601. The van der Waals surface area contributed by atoms with Crippen LogP contribution in [0.5, 0.6) is 0 Å². The minimum absolute atomic E-state index is 0.0451. The number of aromatic nitrogens is 4. The largest absolute Gasteiger partial charge is 0.390 e. The van der Waals surface area contributed by atoms with Crippen molar-refractivity contribution in [1.29, 1.82) is 0 Å². The van der Waals surface area contributed by atoms with Crippen LogP contribution in [0.4, 0.5) is 5.82 Å². The number of methoxy groups -OCH3 is 1. The molecule has 8 nitrogen and oxygen atoms in total. The summed E-state index contributed by atoms with van der Waals surface area (Å²) in [5.41, 5.74) is 6.69. The Bertz CT molecular complexity index is 634. The lowest BCUT2D eigenvalue weighted by Crippen LogP contribution is -2.25. The maximum Gasteiger partial charge on any atom is 0.226 e. The third-order valence-corrected chi connectivity index (χ3v) is 3.44. The summed E-state index contributed by atoms with van der Waals surface area (Å²) in [6, 6.07) is 0. The van der Waals surface area contributed by atoms with E-state index in [0.717, 1.165) is 0 Å². The van der Waals surface area contributed by atoms with Crippen LogP contribution in [0.1, 0.15) is 12.6 Å². The first-order valence-electron chi connectivity index (χ1n) is 6.08. The molecule has 0 spiro atoms. The van der Waals surface area contributed by atoms with Gasteiger partial charge in [0.15, 0.2) is 11.5 Å². The van der Waals surface area contributed by atoms with Crippen molar-refractivity contribution in [3.05, 3.63) is 11.6 Å². The molecule has 3 atom stereocenters.